The minimum atomic E-state index is 0.212. The molecule has 1 rings (SSSR count). The van der Waals surface area contributed by atoms with Gasteiger partial charge in [0, 0.05) is 23.1 Å². The van der Waals surface area contributed by atoms with Gasteiger partial charge in [-0.25, -0.2) is 0 Å². The van der Waals surface area contributed by atoms with E-state index in [9.17, 15) is 0 Å². The number of benzene rings is 1. The Balaban J connectivity index is 2.71. The maximum atomic E-state index is 9.05. The summed E-state index contributed by atoms with van der Waals surface area (Å²) >= 11 is 1.74. The molecule has 0 aliphatic rings. The molecule has 3 nitrogen and oxygen atoms in total. The van der Waals surface area contributed by atoms with Crippen molar-refractivity contribution >= 4 is 11.8 Å². The second-order valence-electron chi connectivity index (χ2n) is 4.23. The summed E-state index contributed by atoms with van der Waals surface area (Å²) in [7, 11) is 1.70. The van der Waals surface area contributed by atoms with E-state index < -0.39 is 0 Å². The molecule has 2 N–H and O–H groups in total. The molecule has 0 saturated carbocycles. The van der Waals surface area contributed by atoms with Crippen molar-refractivity contribution in [1.82, 2.24) is 5.32 Å². The van der Waals surface area contributed by atoms with Gasteiger partial charge in [-0.3, -0.25) is 0 Å². The lowest BCUT2D eigenvalue weighted by molar-refractivity contribution is 0.300. The molecular weight excluding hydrogens is 246 g/mol. The second kappa shape index (κ2) is 8.40. The maximum Gasteiger partial charge on any atom is 0.122 e. The Labute approximate surface area is 114 Å². The summed E-state index contributed by atoms with van der Waals surface area (Å²) in [5.74, 6) is 1.79. The van der Waals surface area contributed by atoms with E-state index in [1.54, 1.807) is 18.9 Å². The van der Waals surface area contributed by atoms with Crippen LogP contribution in [0.15, 0.2) is 18.2 Å². The highest BCUT2D eigenvalue weighted by Crippen LogP contribution is 2.26. The van der Waals surface area contributed by atoms with E-state index in [0.717, 1.165) is 24.6 Å². The van der Waals surface area contributed by atoms with Crippen LogP contribution in [0.2, 0.25) is 0 Å². The van der Waals surface area contributed by atoms with Gasteiger partial charge in [0.15, 0.2) is 0 Å². The molecule has 1 unspecified atom stereocenters. The summed E-state index contributed by atoms with van der Waals surface area (Å²) < 4.78 is 5.37. The molecule has 0 amide bonds. The Morgan fingerprint density at radius 2 is 2.22 bits per heavy atom. The molecule has 0 aliphatic carbocycles. The van der Waals surface area contributed by atoms with Gasteiger partial charge in [0.1, 0.15) is 5.75 Å². The summed E-state index contributed by atoms with van der Waals surface area (Å²) in [6, 6.07) is 6.29. The van der Waals surface area contributed by atoms with Crippen LogP contribution in [-0.2, 0) is 12.3 Å². The molecule has 0 heterocycles. The molecule has 4 heteroatoms. The fourth-order valence-corrected chi connectivity index (χ4v) is 2.40. The van der Waals surface area contributed by atoms with Gasteiger partial charge in [0.05, 0.1) is 13.7 Å². The minimum absolute atomic E-state index is 0.212. The molecule has 18 heavy (non-hydrogen) atoms. The smallest absolute Gasteiger partial charge is 0.122 e. The zero-order chi connectivity index (χ0) is 13.4. The number of methoxy groups -OCH3 is 1. The number of aliphatic hydroxyl groups is 1. The van der Waals surface area contributed by atoms with E-state index in [1.807, 2.05) is 13.0 Å². The predicted molar refractivity (Wildman–Crippen MR) is 78.2 cm³/mol. The third-order valence-electron chi connectivity index (χ3n) is 2.70. The van der Waals surface area contributed by atoms with Crippen molar-refractivity contribution in [2.45, 2.75) is 31.4 Å². The summed E-state index contributed by atoms with van der Waals surface area (Å²) in [5.41, 5.74) is 2.46. The van der Waals surface area contributed by atoms with Crippen LogP contribution in [0.3, 0.4) is 0 Å². The van der Waals surface area contributed by atoms with Crippen molar-refractivity contribution in [3.63, 3.8) is 0 Å². The van der Waals surface area contributed by atoms with Gasteiger partial charge in [-0.05, 0) is 24.2 Å². The molecule has 0 fully saturated rings. The topological polar surface area (TPSA) is 41.5 Å². The molecular formula is C14H23NO2S. The Bertz CT molecular complexity index is 358. The van der Waals surface area contributed by atoms with Crippen LogP contribution in [0.1, 0.15) is 25.0 Å². The first-order valence-electron chi connectivity index (χ1n) is 6.30. The summed E-state index contributed by atoms with van der Waals surface area (Å²) in [5, 5.41) is 12.6. The summed E-state index contributed by atoms with van der Waals surface area (Å²) in [4.78, 5) is 0. The van der Waals surface area contributed by atoms with E-state index in [4.69, 9.17) is 9.84 Å². The third kappa shape index (κ3) is 4.88. The van der Waals surface area contributed by atoms with Crippen molar-refractivity contribution in [3.8, 4) is 5.75 Å². The zero-order valence-electron chi connectivity index (χ0n) is 11.4. The second-order valence-corrected chi connectivity index (χ2v) is 5.66. The highest BCUT2D eigenvalue weighted by molar-refractivity contribution is 7.99. The van der Waals surface area contributed by atoms with E-state index >= 15 is 0 Å². The van der Waals surface area contributed by atoms with Gasteiger partial charge < -0.3 is 15.2 Å². The van der Waals surface area contributed by atoms with E-state index in [1.165, 1.54) is 11.1 Å². The van der Waals surface area contributed by atoms with E-state index in [2.05, 4.69) is 24.4 Å². The van der Waals surface area contributed by atoms with Crippen LogP contribution in [0.5, 0.6) is 5.75 Å². The SMILES string of the molecule is CCNCc1ccc(OC)c(CSC(C)CO)c1. The maximum absolute atomic E-state index is 9.05. The molecule has 0 saturated heterocycles. The van der Waals surface area contributed by atoms with Crippen LogP contribution < -0.4 is 10.1 Å². The summed E-state index contributed by atoms with van der Waals surface area (Å²) in [6.45, 7) is 6.19. The fraction of sp³-hybridized carbons (Fsp3) is 0.571. The monoisotopic (exact) mass is 269 g/mol. The van der Waals surface area contributed by atoms with Crippen molar-refractivity contribution in [1.29, 1.82) is 0 Å². The van der Waals surface area contributed by atoms with Crippen LogP contribution in [0, 0.1) is 0 Å². The number of nitrogens with one attached hydrogen (secondary N) is 1. The standard InChI is InChI=1S/C14H23NO2S/c1-4-15-8-12-5-6-14(17-3)13(7-12)10-18-11(2)9-16/h5-7,11,15-16H,4,8-10H2,1-3H3. The number of hydrogen-bond donors (Lipinski definition) is 2. The molecule has 0 aliphatic heterocycles. The molecule has 0 spiro atoms. The van der Waals surface area contributed by atoms with Crippen LogP contribution in [0.25, 0.3) is 0 Å². The number of ether oxygens (including phenoxy) is 1. The van der Waals surface area contributed by atoms with Gasteiger partial charge in [-0.15, -0.1) is 0 Å². The Kier molecular flexibility index (Phi) is 7.16. The lowest BCUT2D eigenvalue weighted by Crippen LogP contribution is -2.12. The minimum Gasteiger partial charge on any atom is -0.496 e. The highest BCUT2D eigenvalue weighted by Gasteiger charge is 2.07. The molecule has 0 radical (unpaired) electrons. The first kappa shape index (κ1) is 15.3. The van der Waals surface area contributed by atoms with Gasteiger partial charge in [0.2, 0.25) is 0 Å². The van der Waals surface area contributed by atoms with Crippen molar-refractivity contribution < 1.29 is 9.84 Å². The molecule has 1 aromatic carbocycles. The first-order chi connectivity index (χ1) is 8.71. The van der Waals surface area contributed by atoms with Crippen LogP contribution >= 0.6 is 11.8 Å². The number of hydrogen-bond acceptors (Lipinski definition) is 4. The molecule has 1 atom stereocenters. The fourth-order valence-electron chi connectivity index (χ4n) is 1.61. The first-order valence-corrected chi connectivity index (χ1v) is 7.35. The molecule has 0 bridgehead atoms. The Morgan fingerprint density at radius 1 is 1.44 bits per heavy atom. The number of thioether (sulfide) groups is 1. The van der Waals surface area contributed by atoms with Gasteiger partial charge in [-0.1, -0.05) is 19.9 Å². The zero-order valence-corrected chi connectivity index (χ0v) is 12.2. The van der Waals surface area contributed by atoms with Crippen LogP contribution in [-0.4, -0.2) is 30.6 Å². The summed E-state index contributed by atoms with van der Waals surface area (Å²) in [6.07, 6.45) is 0. The van der Waals surface area contributed by atoms with E-state index in [0.29, 0.717) is 0 Å². The lowest BCUT2D eigenvalue weighted by Gasteiger charge is -2.13. The average Bonchev–Trinajstić information content (AvgIpc) is 2.42. The molecule has 102 valence electrons. The largest absolute Gasteiger partial charge is 0.496 e. The van der Waals surface area contributed by atoms with E-state index in [-0.39, 0.29) is 11.9 Å². The van der Waals surface area contributed by atoms with Crippen molar-refractivity contribution in [3.05, 3.63) is 29.3 Å². The number of aliphatic hydroxyl groups excluding tert-OH is 1. The van der Waals surface area contributed by atoms with Gasteiger partial charge in [0.25, 0.3) is 0 Å². The third-order valence-corrected chi connectivity index (χ3v) is 3.90. The average molecular weight is 269 g/mol. The Morgan fingerprint density at radius 3 is 2.83 bits per heavy atom. The Hall–Kier alpha value is -0.710. The lowest BCUT2D eigenvalue weighted by atomic mass is 10.1. The predicted octanol–water partition coefficient (Wildman–Crippen LogP) is 2.42. The highest BCUT2D eigenvalue weighted by atomic mass is 32.2. The normalized spacial score (nSPS) is 12.4. The molecule has 0 aromatic heterocycles. The van der Waals surface area contributed by atoms with Crippen molar-refractivity contribution in [2.75, 3.05) is 20.3 Å². The molecule has 1 aromatic rings. The van der Waals surface area contributed by atoms with Crippen molar-refractivity contribution in [2.24, 2.45) is 0 Å². The van der Waals surface area contributed by atoms with Gasteiger partial charge >= 0.3 is 0 Å². The van der Waals surface area contributed by atoms with Gasteiger partial charge in [-0.2, -0.15) is 11.8 Å². The number of rotatable bonds is 8. The van der Waals surface area contributed by atoms with Crippen LogP contribution in [0.4, 0.5) is 0 Å². The quantitative estimate of drug-likeness (QED) is 0.760.